The van der Waals surface area contributed by atoms with Crippen LogP contribution in [0.15, 0.2) is 18.2 Å². The van der Waals surface area contributed by atoms with E-state index >= 15 is 0 Å². The average Bonchev–Trinajstić information content (AvgIpc) is 2.95. The molecule has 0 bridgehead atoms. The van der Waals surface area contributed by atoms with Gasteiger partial charge in [-0.15, -0.1) is 0 Å². The minimum Gasteiger partial charge on any atom is -0.493 e. The first-order chi connectivity index (χ1) is 13.0. The molecular weight excluding hydrogens is 350 g/mol. The summed E-state index contributed by atoms with van der Waals surface area (Å²) in [5.41, 5.74) is 0.764. The third-order valence-corrected chi connectivity index (χ3v) is 5.32. The van der Waals surface area contributed by atoms with Crippen molar-refractivity contribution in [3.63, 3.8) is 0 Å². The number of carbonyl (C=O) groups is 3. The van der Waals surface area contributed by atoms with Crippen molar-refractivity contribution in [1.29, 1.82) is 0 Å². The summed E-state index contributed by atoms with van der Waals surface area (Å²) in [6, 6.07) is 5.27. The van der Waals surface area contributed by atoms with Crippen LogP contribution in [0.1, 0.15) is 37.7 Å². The molecule has 0 radical (unpaired) electrons. The molecule has 1 aliphatic carbocycles. The van der Waals surface area contributed by atoms with Gasteiger partial charge in [-0.1, -0.05) is 18.9 Å². The predicted molar refractivity (Wildman–Crippen MR) is 96.1 cm³/mol. The first-order valence-corrected chi connectivity index (χ1v) is 9.27. The molecule has 7 nitrogen and oxygen atoms in total. The monoisotopic (exact) mass is 375 g/mol. The lowest BCUT2D eigenvalue weighted by molar-refractivity contribution is -0.146. The van der Waals surface area contributed by atoms with Crippen LogP contribution in [0.25, 0.3) is 0 Å². The molecule has 0 spiro atoms. The van der Waals surface area contributed by atoms with Crippen LogP contribution >= 0.6 is 0 Å². The zero-order valence-corrected chi connectivity index (χ0v) is 15.7. The molecule has 1 saturated carbocycles. The smallest absolute Gasteiger partial charge is 0.307 e. The van der Waals surface area contributed by atoms with Crippen LogP contribution in [0.4, 0.5) is 0 Å². The normalized spacial score (nSPS) is 21.8. The topological polar surface area (TPSA) is 82.1 Å². The predicted octanol–water partition coefficient (Wildman–Crippen LogP) is 2.31. The molecule has 2 amide bonds. The van der Waals surface area contributed by atoms with Crippen molar-refractivity contribution in [3.8, 4) is 11.5 Å². The van der Waals surface area contributed by atoms with Crippen molar-refractivity contribution in [3.05, 3.63) is 23.8 Å². The molecule has 1 saturated heterocycles. The van der Waals surface area contributed by atoms with E-state index in [-0.39, 0.29) is 43.2 Å². The zero-order chi connectivity index (χ0) is 19.4. The number of esters is 1. The molecule has 0 aromatic heterocycles. The maximum absolute atomic E-state index is 12.4. The molecule has 146 valence electrons. The molecule has 2 atom stereocenters. The summed E-state index contributed by atoms with van der Waals surface area (Å²) in [5.74, 6) is 0.0834. The maximum atomic E-state index is 12.4. The maximum Gasteiger partial charge on any atom is 0.307 e. The van der Waals surface area contributed by atoms with E-state index in [1.807, 2.05) is 0 Å². The number of likely N-dealkylation sites (tertiary alicyclic amines) is 1. The minimum atomic E-state index is -0.444. The second-order valence-corrected chi connectivity index (χ2v) is 6.93. The van der Waals surface area contributed by atoms with Gasteiger partial charge < -0.3 is 14.2 Å². The first-order valence-electron chi connectivity index (χ1n) is 9.27. The van der Waals surface area contributed by atoms with Crippen molar-refractivity contribution in [1.82, 2.24) is 4.90 Å². The second-order valence-electron chi connectivity index (χ2n) is 6.93. The number of amides is 2. The minimum absolute atomic E-state index is 0.00418. The highest BCUT2D eigenvalue weighted by molar-refractivity contribution is 6.05. The van der Waals surface area contributed by atoms with Crippen molar-refractivity contribution in [2.75, 3.05) is 20.8 Å². The van der Waals surface area contributed by atoms with Crippen LogP contribution in [-0.2, 0) is 25.7 Å². The fourth-order valence-corrected chi connectivity index (χ4v) is 3.86. The van der Waals surface area contributed by atoms with Crippen LogP contribution in [0.5, 0.6) is 11.5 Å². The molecule has 0 N–H and O–H groups in total. The summed E-state index contributed by atoms with van der Waals surface area (Å²) in [6.07, 6.45) is 3.53. The Labute approximate surface area is 158 Å². The highest BCUT2D eigenvalue weighted by atomic mass is 16.5. The first kappa shape index (κ1) is 19.2. The number of nitrogens with zero attached hydrogens (tertiary/aromatic N) is 1. The number of fused-ring (bicyclic) bond motifs is 1. The van der Waals surface area contributed by atoms with E-state index in [1.165, 1.54) is 12.0 Å². The van der Waals surface area contributed by atoms with Crippen LogP contribution in [0.2, 0.25) is 0 Å². The van der Waals surface area contributed by atoms with Gasteiger partial charge in [-0.2, -0.15) is 0 Å². The van der Waals surface area contributed by atoms with Crippen LogP contribution in [-0.4, -0.2) is 43.4 Å². The van der Waals surface area contributed by atoms with Crippen LogP contribution < -0.4 is 9.47 Å². The van der Waals surface area contributed by atoms with E-state index < -0.39 is 5.97 Å². The molecule has 1 aromatic rings. The fraction of sp³-hybridized carbons (Fsp3) is 0.550. The van der Waals surface area contributed by atoms with E-state index in [9.17, 15) is 14.4 Å². The fourth-order valence-electron chi connectivity index (χ4n) is 3.86. The summed E-state index contributed by atoms with van der Waals surface area (Å²) in [5, 5.41) is 0. The van der Waals surface area contributed by atoms with Crippen molar-refractivity contribution in [2.24, 2.45) is 11.8 Å². The van der Waals surface area contributed by atoms with Crippen LogP contribution in [0.3, 0.4) is 0 Å². The Balaban J connectivity index is 1.50. The van der Waals surface area contributed by atoms with Gasteiger partial charge in [0.25, 0.3) is 0 Å². The molecule has 3 rings (SSSR count). The van der Waals surface area contributed by atoms with Crippen molar-refractivity contribution < 1.29 is 28.6 Å². The van der Waals surface area contributed by atoms with Gasteiger partial charge in [-0.3, -0.25) is 19.3 Å². The molecular formula is C20H25NO6. The van der Waals surface area contributed by atoms with Gasteiger partial charge in [0.15, 0.2) is 11.5 Å². The van der Waals surface area contributed by atoms with E-state index in [4.69, 9.17) is 14.2 Å². The largest absolute Gasteiger partial charge is 0.493 e. The lowest BCUT2D eigenvalue weighted by atomic mass is 9.81. The zero-order valence-electron chi connectivity index (χ0n) is 15.7. The summed E-state index contributed by atoms with van der Waals surface area (Å²) in [4.78, 5) is 38.1. The SMILES string of the molecule is COc1ccc(COC(=O)CCN2C(=O)C3CCCCC3C2=O)cc1OC. The van der Waals surface area contributed by atoms with Gasteiger partial charge in [-0.25, -0.2) is 0 Å². The van der Waals surface area contributed by atoms with Crippen LogP contribution in [0, 0.1) is 11.8 Å². The molecule has 2 fully saturated rings. The highest BCUT2D eigenvalue weighted by Gasteiger charge is 2.47. The Morgan fingerprint density at radius 3 is 2.26 bits per heavy atom. The number of hydrogen-bond donors (Lipinski definition) is 0. The molecule has 2 unspecified atom stereocenters. The Hall–Kier alpha value is -2.57. The van der Waals surface area contributed by atoms with Gasteiger partial charge in [0.2, 0.25) is 11.8 Å². The Morgan fingerprint density at radius 1 is 1.04 bits per heavy atom. The lowest BCUT2D eigenvalue weighted by Gasteiger charge is -2.19. The average molecular weight is 375 g/mol. The Bertz CT molecular complexity index is 707. The molecule has 27 heavy (non-hydrogen) atoms. The number of rotatable bonds is 7. The van der Waals surface area contributed by atoms with Gasteiger partial charge in [0.1, 0.15) is 6.61 Å². The number of methoxy groups -OCH3 is 2. The number of benzene rings is 1. The number of ether oxygens (including phenoxy) is 3. The Morgan fingerprint density at radius 2 is 1.67 bits per heavy atom. The third kappa shape index (κ3) is 4.07. The van der Waals surface area contributed by atoms with E-state index in [1.54, 1.807) is 25.3 Å². The van der Waals surface area contributed by atoms with E-state index in [2.05, 4.69) is 0 Å². The molecule has 2 aliphatic rings. The number of carbonyl (C=O) groups excluding carboxylic acids is 3. The van der Waals surface area contributed by atoms with Gasteiger partial charge in [0.05, 0.1) is 32.5 Å². The lowest BCUT2D eigenvalue weighted by Crippen LogP contribution is -2.33. The standard InChI is InChI=1S/C20H25NO6/c1-25-16-8-7-13(11-17(16)26-2)12-27-18(22)9-10-21-19(23)14-5-3-4-6-15(14)20(21)24/h7-8,11,14-15H,3-6,9-10,12H2,1-2H3. The molecule has 1 aromatic carbocycles. The summed E-state index contributed by atoms with van der Waals surface area (Å²) >= 11 is 0. The summed E-state index contributed by atoms with van der Waals surface area (Å²) in [7, 11) is 3.09. The van der Waals surface area contributed by atoms with Gasteiger partial charge >= 0.3 is 5.97 Å². The third-order valence-electron chi connectivity index (χ3n) is 5.32. The number of hydrogen-bond acceptors (Lipinski definition) is 6. The molecule has 1 aliphatic heterocycles. The van der Waals surface area contributed by atoms with Crippen molar-refractivity contribution >= 4 is 17.8 Å². The van der Waals surface area contributed by atoms with E-state index in [0.717, 1.165) is 31.2 Å². The number of imide groups is 1. The van der Waals surface area contributed by atoms with Gasteiger partial charge in [-0.05, 0) is 30.5 Å². The summed E-state index contributed by atoms with van der Waals surface area (Å²) in [6.45, 7) is 0.182. The Kier molecular flexibility index (Phi) is 5.98. The molecule has 7 heteroatoms. The van der Waals surface area contributed by atoms with Gasteiger partial charge in [0, 0.05) is 6.54 Å². The van der Waals surface area contributed by atoms with E-state index in [0.29, 0.717) is 11.5 Å². The van der Waals surface area contributed by atoms with Crippen molar-refractivity contribution in [2.45, 2.75) is 38.7 Å². The summed E-state index contributed by atoms with van der Waals surface area (Å²) < 4.78 is 15.7. The molecule has 1 heterocycles. The quantitative estimate of drug-likeness (QED) is 0.537. The highest BCUT2D eigenvalue weighted by Crippen LogP contribution is 2.38. The second kappa shape index (κ2) is 8.41.